The Labute approximate surface area is 225 Å². The zero-order chi connectivity index (χ0) is 27.7. The van der Waals surface area contributed by atoms with Crippen LogP contribution in [0, 0.1) is 11.7 Å². The second kappa shape index (κ2) is 10.6. The van der Waals surface area contributed by atoms with Crippen LogP contribution in [0.15, 0.2) is 102 Å². The number of carbonyl (C=O) groups is 1. The molecule has 0 aromatic heterocycles. The number of carbonyl (C=O) groups excluding carboxylic acids is 1. The van der Waals surface area contributed by atoms with Crippen LogP contribution in [0.3, 0.4) is 0 Å². The SMILES string of the molecule is O=C1C(CCC(O)c2ccccc2)C(c2ccc(-c3ccc(S(=O)(=O)O)cc3)c(O)c2)N1c1ccc(F)cc1. The van der Waals surface area contributed by atoms with E-state index in [9.17, 15) is 32.4 Å². The van der Waals surface area contributed by atoms with E-state index in [-0.39, 0.29) is 16.6 Å². The number of amides is 1. The third-order valence-corrected chi connectivity index (χ3v) is 7.95. The summed E-state index contributed by atoms with van der Waals surface area (Å²) < 4.78 is 45.5. The number of hydrogen-bond acceptors (Lipinski definition) is 5. The molecule has 1 heterocycles. The van der Waals surface area contributed by atoms with E-state index < -0.39 is 34.0 Å². The summed E-state index contributed by atoms with van der Waals surface area (Å²) >= 11 is 0. The number of benzene rings is 4. The second-order valence-corrected chi connectivity index (χ2v) is 10.9. The molecule has 4 aromatic carbocycles. The number of aliphatic hydroxyl groups excluding tert-OH is 1. The monoisotopic (exact) mass is 547 g/mol. The van der Waals surface area contributed by atoms with Gasteiger partial charge in [-0.1, -0.05) is 54.6 Å². The van der Waals surface area contributed by atoms with Gasteiger partial charge in [-0.15, -0.1) is 0 Å². The largest absolute Gasteiger partial charge is 0.507 e. The Kier molecular flexibility index (Phi) is 7.22. The van der Waals surface area contributed by atoms with Crippen molar-refractivity contribution in [3.63, 3.8) is 0 Å². The Hall–Kier alpha value is -4.05. The van der Waals surface area contributed by atoms with Crippen molar-refractivity contribution in [2.45, 2.75) is 29.9 Å². The lowest BCUT2D eigenvalue weighted by molar-refractivity contribution is -0.131. The molecule has 1 aliphatic heterocycles. The van der Waals surface area contributed by atoms with Gasteiger partial charge in [-0.25, -0.2) is 4.39 Å². The van der Waals surface area contributed by atoms with E-state index in [0.717, 1.165) is 5.56 Å². The van der Waals surface area contributed by atoms with Crippen molar-refractivity contribution < 1.29 is 32.4 Å². The molecular weight excluding hydrogens is 521 g/mol. The average molecular weight is 548 g/mol. The van der Waals surface area contributed by atoms with Gasteiger partial charge in [-0.05, 0) is 72.0 Å². The van der Waals surface area contributed by atoms with Crippen molar-refractivity contribution in [2.24, 2.45) is 5.92 Å². The molecule has 3 atom stereocenters. The van der Waals surface area contributed by atoms with Gasteiger partial charge in [0, 0.05) is 11.3 Å². The van der Waals surface area contributed by atoms with Gasteiger partial charge in [-0.3, -0.25) is 9.35 Å². The lowest BCUT2D eigenvalue weighted by Crippen LogP contribution is -2.55. The summed E-state index contributed by atoms with van der Waals surface area (Å²) in [6.45, 7) is 0. The van der Waals surface area contributed by atoms with Crippen molar-refractivity contribution >= 4 is 21.7 Å². The number of β-lactam (4-membered cyclic amide) rings is 1. The fraction of sp³-hybridized carbons (Fsp3) is 0.167. The summed E-state index contributed by atoms with van der Waals surface area (Å²) in [6, 6.07) is 24.8. The molecule has 0 radical (unpaired) electrons. The van der Waals surface area contributed by atoms with Gasteiger partial charge >= 0.3 is 0 Å². The van der Waals surface area contributed by atoms with Gasteiger partial charge in [0.25, 0.3) is 10.1 Å². The Morgan fingerprint density at radius 3 is 2.18 bits per heavy atom. The number of halogens is 1. The minimum atomic E-state index is -4.34. The molecule has 3 unspecified atom stereocenters. The minimum absolute atomic E-state index is 0.0754. The molecule has 0 spiro atoms. The summed E-state index contributed by atoms with van der Waals surface area (Å²) in [5, 5.41) is 21.6. The van der Waals surface area contributed by atoms with E-state index in [1.165, 1.54) is 48.5 Å². The van der Waals surface area contributed by atoms with E-state index in [0.29, 0.717) is 35.2 Å². The Balaban J connectivity index is 1.43. The lowest BCUT2D eigenvalue weighted by Gasteiger charge is -2.48. The van der Waals surface area contributed by atoms with Gasteiger partial charge in [0.15, 0.2) is 0 Å². The quantitative estimate of drug-likeness (QED) is 0.194. The number of rotatable bonds is 8. The molecule has 1 fully saturated rings. The molecule has 39 heavy (non-hydrogen) atoms. The first-order valence-electron chi connectivity index (χ1n) is 12.4. The van der Waals surface area contributed by atoms with Crippen LogP contribution in [0.5, 0.6) is 5.75 Å². The van der Waals surface area contributed by atoms with E-state index in [1.807, 2.05) is 30.3 Å². The summed E-state index contributed by atoms with van der Waals surface area (Å²) in [7, 11) is -4.34. The summed E-state index contributed by atoms with van der Waals surface area (Å²) in [6.07, 6.45) is 0.0240. The Morgan fingerprint density at radius 2 is 1.56 bits per heavy atom. The summed E-state index contributed by atoms with van der Waals surface area (Å²) in [5.41, 5.74) is 2.92. The van der Waals surface area contributed by atoms with Gasteiger partial charge in [0.1, 0.15) is 11.6 Å². The number of phenols is 1. The molecule has 0 saturated carbocycles. The van der Waals surface area contributed by atoms with E-state index >= 15 is 0 Å². The van der Waals surface area contributed by atoms with Gasteiger partial charge in [-0.2, -0.15) is 8.42 Å². The molecular formula is C30H26FNO6S. The first-order valence-corrected chi connectivity index (χ1v) is 13.8. The zero-order valence-corrected chi connectivity index (χ0v) is 21.5. The Bertz CT molecular complexity index is 1590. The number of anilines is 1. The van der Waals surface area contributed by atoms with Crippen molar-refractivity contribution in [2.75, 3.05) is 4.90 Å². The maximum atomic E-state index is 13.6. The average Bonchev–Trinajstić information content (AvgIpc) is 2.92. The molecule has 1 saturated heterocycles. The molecule has 9 heteroatoms. The highest BCUT2D eigenvalue weighted by Crippen LogP contribution is 2.47. The third-order valence-electron chi connectivity index (χ3n) is 7.08. The predicted octanol–water partition coefficient (Wildman–Crippen LogP) is 5.66. The van der Waals surface area contributed by atoms with E-state index in [2.05, 4.69) is 0 Å². The third kappa shape index (κ3) is 5.42. The summed E-state index contributed by atoms with van der Waals surface area (Å²) in [5.74, 6) is -1.12. The lowest BCUT2D eigenvalue weighted by atomic mass is 9.78. The Morgan fingerprint density at radius 1 is 0.897 bits per heavy atom. The van der Waals surface area contributed by atoms with Crippen LogP contribution in [0.2, 0.25) is 0 Å². The second-order valence-electron chi connectivity index (χ2n) is 9.52. The van der Waals surface area contributed by atoms with Crippen LogP contribution in [0.4, 0.5) is 10.1 Å². The minimum Gasteiger partial charge on any atom is -0.507 e. The van der Waals surface area contributed by atoms with Crippen LogP contribution in [-0.4, -0.2) is 29.1 Å². The molecule has 0 bridgehead atoms. The van der Waals surface area contributed by atoms with Crippen molar-refractivity contribution in [1.29, 1.82) is 0 Å². The fourth-order valence-electron chi connectivity index (χ4n) is 5.06. The van der Waals surface area contributed by atoms with Crippen LogP contribution in [0.1, 0.15) is 36.1 Å². The van der Waals surface area contributed by atoms with Gasteiger partial charge < -0.3 is 15.1 Å². The van der Waals surface area contributed by atoms with Crippen molar-refractivity contribution in [3.05, 3.63) is 114 Å². The standard InChI is InChI=1S/C30H26FNO6S/c31-22-9-11-23(12-10-22)32-29(26(30(32)35)16-17-27(33)20-4-2-1-3-5-20)21-8-15-25(28(34)18-21)19-6-13-24(14-7-19)39(36,37)38/h1-15,18,26-27,29,33-34H,16-17H2,(H,36,37,38). The number of hydrogen-bond donors (Lipinski definition) is 3. The topological polar surface area (TPSA) is 115 Å². The molecule has 3 N–H and O–H groups in total. The maximum absolute atomic E-state index is 13.6. The number of aliphatic hydroxyl groups is 1. The number of phenolic OH excluding ortho intramolecular Hbond substituents is 1. The molecule has 1 amide bonds. The van der Waals surface area contributed by atoms with Crippen LogP contribution in [0.25, 0.3) is 11.1 Å². The highest BCUT2D eigenvalue weighted by atomic mass is 32.2. The molecule has 7 nitrogen and oxygen atoms in total. The smallest absolute Gasteiger partial charge is 0.294 e. The molecule has 4 aromatic rings. The molecule has 200 valence electrons. The highest BCUT2D eigenvalue weighted by Gasteiger charge is 2.48. The first-order chi connectivity index (χ1) is 18.6. The maximum Gasteiger partial charge on any atom is 0.294 e. The van der Waals surface area contributed by atoms with Gasteiger partial charge in [0.05, 0.1) is 23.0 Å². The molecule has 5 rings (SSSR count). The van der Waals surface area contributed by atoms with E-state index in [1.54, 1.807) is 23.1 Å². The highest BCUT2D eigenvalue weighted by molar-refractivity contribution is 7.85. The normalized spacial score (nSPS) is 18.0. The van der Waals surface area contributed by atoms with Crippen molar-refractivity contribution in [3.8, 4) is 16.9 Å². The molecule has 0 aliphatic carbocycles. The van der Waals surface area contributed by atoms with Crippen LogP contribution >= 0.6 is 0 Å². The van der Waals surface area contributed by atoms with E-state index in [4.69, 9.17) is 0 Å². The fourth-order valence-corrected chi connectivity index (χ4v) is 5.54. The van der Waals surface area contributed by atoms with Gasteiger partial charge in [0.2, 0.25) is 5.91 Å². The molecule has 1 aliphatic rings. The van der Waals surface area contributed by atoms with Crippen LogP contribution < -0.4 is 4.90 Å². The van der Waals surface area contributed by atoms with Crippen LogP contribution in [-0.2, 0) is 14.9 Å². The van der Waals surface area contributed by atoms with Crippen molar-refractivity contribution in [1.82, 2.24) is 0 Å². The number of nitrogens with zero attached hydrogens (tertiary/aromatic N) is 1. The summed E-state index contributed by atoms with van der Waals surface area (Å²) in [4.78, 5) is 14.6. The zero-order valence-electron chi connectivity index (χ0n) is 20.7. The number of aromatic hydroxyl groups is 1. The first kappa shape index (κ1) is 26.6. The predicted molar refractivity (Wildman–Crippen MR) is 144 cm³/mol.